The van der Waals surface area contributed by atoms with Gasteiger partial charge in [0.15, 0.2) is 0 Å². The Balaban J connectivity index is 2.27. The fraction of sp³-hybridized carbons (Fsp3) is 0.0714. The van der Waals surface area contributed by atoms with Gasteiger partial charge < -0.3 is 10.1 Å². The Hall–Kier alpha value is -2.87. The first-order chi connectivity index (χ1) is 9.26. The van der Waals surface area contributed by atoms with E-state index in [1.54, 1.807) is 42.5 Å². The summed E-state index contributed by atoms with van der Waals surface area (Å²) in [6.45, 7) is 0. The normalized spacial score (nSPS) is 9.47. The van der Waals surface area contributed by atoms with Crippen LogP contribution in [0, 0.1) is 16.2 Å². The summed E-state index contributed by atoms with van der Waals surface area (Å²) >= 11 is 0. The topological polar surface area (TPSA) is 74.5 Å². The summed E-state index contributed by atoms with van der Waals surface area (Å²) in [6.07, 6.45) is 0. The van der Waals surface area contributed by atoms with E-state index in [-0.39, 0.29) is 5.69 Å². The molecule has 0 aliphatic carbocycles. The summed E-state index contributed by atoms with van der Waals surface area (Å²) < 4.78 is 5.03. The van der Waals surface area contributed by atoms with E-state index in [9.17, 15) is 4.91 Å². The summed E-state index contributed by atoms with van der Waals surface area (Å²) in [4.78, 5) is 10.8. The van der Waals surface area contributed by atoms with E-state index in [4.69, 9.17) is 10.00 Å². The van der Waals surface area contributed by atoms with Gasteiger partial charge in [0.1, 0.15) is 11.4 Å². The van der Waals surface area contributed by atoms with Crippen LogP contribution in [-0.4, -0.2) is 7.11 Å². The van der Waals surface area contributed by atoms with Crippen molar-refractivity contribution in [3.05, 3.63) is 52.9 Å². The first-order valence-electron chi connectivity index (χ1n) is 5.55. The number of ether oxygens (including phenoxy) is 1. The van der Waals surface area contributed by atoms with Gasteiger partial charge in [-0.3, -0.25) is 0 Å². The van der Waals surface area contributed by atoms with Crippen LogP contribution >= 0.6 is 0 Å². The Bertz CT molecular complexity index is 630. The van der Waals surface area contributed by atoms with E-state index < -0.39 is 0 Å². The Morgan fingerprint density at radius 2 is 1.95 bits per heavy atom. The van der Waals surface area contributed by atoms with Crippen molar-refractivity contribution in [1.82, 2.24) is 0 Å². The summed E-state index contributed by atoms with van der Waals surface area (Å²) in [6, 6.07) is 14.0. The molecule has 0 spiro atoms. The van der Waals surface area contributed by atoms with Crippen molar-refractivity contribution < 1.29 is 4.74 Å². The number of benzene rings is 2. The van der Waals surface area contributed by atoms with E-state index in [1.807, 2.05) is 6.07 Å². The molecular formula is C14H11N3O2. The van der Waals surface area contributed by atoms with Crippen LogP contribution in [0.2, 0.25) is 0 Å². The van der Waals surface area contributed by atoms with Crippen molar-refractivity contribution >= 4 is 17.1 Å². The molecule has 2 aromatic carbocycles. The second-order valence-corrected chi connectivity index (χ2v) is 3.79. The molecule has 0 aliphatic rings. The largest absolute Gasteiger partial charge is 0.497 e. The minimum Gasteiger partial charge on any atom is -0.497 e. The number of nitriles is 1. The van der Waals surface area contributed by atoms with Crippen LogP contribution in [0.1, 0.15) is 5.56 Å². The molecule has 19 heavy (non-hydrogen) atoms. The maximum Gasteiger partial charge on any atom is 0.135 e. The van der Waals surface area contributed by atoms with Crippen LogP contribution in [0.15, 0.2) is 47.6 Å². The van der Waals surface area contributed by atoms with E-state index in [0.29, 0.717) is 17.0 Å². The van der Waals surface area contributed by atoms with E-state index in [0.717, 1.165) is 5.69 Å². The maximum atomic E-state index is 10.8. The van der Waals surface area contributed by atoms with Crippen molar-refractivity contribution in [2.24, 2.45) is 5.18 Å². The summed E-state index contributed by atoms with van der Waals surface area (Å²) in [5.74, 6) is 0.569. The zero-order valence-corrected chi connectivity index (χ0v) is 10.3. The molecule has 5 heteroatoms. The van der Waals surface area contributed by atoms with Gasteiger partial charge in [-0.05, 0) is 41.6 Å². The lowest BCUT2D eigenvalue weighted by atomic mass is 10.2. The maximum absolute atomic E-state index is 10.8. The van der Waals surface area contributed by atoms with Crippen molar-refractivity contribution in [3.8, 4) is 11.8 Å². The monoisotopic (exact) mass is 253 g/mol. The lowest BCUT2D eigenvalue weighted by Crippen LogP contribution is -1.91. The standard InChI is InChI=1S/C14H11N3O2/c1-19-12-6-7-13(14(8-12)17-18)16-11-4-2-10(9-15)3-5-11/h2-8,16H,1H3. The van der Waals surface area contributed by atoms with Gasteiger partial charge in [0.2, 0.25) is 0 Å². The average molecular weight is 253 g/mol. The Kier molecular flexibility index (Phi) is 3.74. The molecule has 94 valence electrons. The van der Waals surface area contributed by atoms with Gasteiger partial charge in [0, 0.05) is 11.8 Å². The molecule has 0 amide bonds. The molecule has 1 N–H and O–H groups in total. The number of nitrogens with one attached hydrogen (secondary N) is 1. The van der Waals surface area contributed by atoms with Crippen LogP contribution in [0.3, 0.4) is 0 Å². The highest BCUT2D eigenvalue weighted by Crippen LogP contribution is 2.31. The first-order valence-corrected chi connectivity index (χ1v) is 5.55. The zero-order chi connectivity index (χ0) is 13.7. The third-order valence-corrected chi connectivity index (χ3v) is 2.60. The van der Waals surface area contributed by atoms with Crippen LogP contribution in [-0.2, 0) is 0 Å². The van der Waals surface area contributed by atoms with Gasteiger partial charge in [0.05, 0.1) is 24.4 Å². The number of hydrogen-bond acceptors (Lipinski definition) is 5. The fourth-order valence-corrected chi connectivity index (χ4v) is 1.60. The predicted molar refractivity (Wildman–Crippen MR) is 72.9 cm³/mol. The number of nitrogens with zero attached hydrogens (tertiary/aromatic N) is 2. The molecule has 0 heterocycles. The van der Waals surface area contributed by atoms with Crippen LogP contribution in [0.25, 0.3) is 0 Å². The average Bonchev–Trinajstić information content (AvgIpc) is 2.48. The molecule has 0 bridgehead atoms. The third kappa shape index (κ3) is 2.87. The van der Waals surface area contributed by atoms with Crippen molar-refractivity contribution in [2.75, 3.05) is 12.4 Å². The lowest BCUT2D eigenvalue weighted by molar-refractivity contribution is 0.415. The highest BCUT2D eigenvalue weighted by molar-refractivity contribution is 5.73. The summed E-state index contributed by atoms with van der Waals surface area (Å²) in [7, 11) is 1.53. The quantitative estimate of drug-likeness (QED) is 0.843. The Morgan fingerprint density at radius 1 is 1.21 bits per heavy atom. The number of methoxy groups -OCH3 is 1. The van der Waals surface area contributed by atoms with Crippen molar-refractivity contribution in [1.29, 1.82) is 5.26 Å². The minimum absolute atomic E-state index is 0.267. The van der Waals surface area contributed by atoms with E-state index in [2.05, 4.69) is 10.5 Å². The van der Waals surface area contributed by atoms with Gasteiger partial charge >= 0.3 is 0 Å². The molecule has 0 saturated heterocycles. The predicted octanol–water partition coefficient (Wildman–Crippen LogP) is 3.71. The van der Waals surface area contributed by atoms with Crippen molar-refractivity contribution in [3.63, 3.8) is 0 Å². The zero-order valence-electron chi connectivity index (χ0n) is 10.3. The SMILES string of the molecule is COc1ccc(Nc2ccc(C#N)cc2)c(N=O)c1. The number of hydrogen-bond donors (Lipinski definition) is 1. The number of anilines is 2. The second kappa shape index (κ2) is 5.65. The molecule has 0 fully saturated rings. The third-order valence-electron chi connectivity index (χ3n) is 2.60. The lowest BCUT2D eigenvalue weighted by Gasteiger charge is -2.09. The molecular weight excluding hydrogens is 242 g/mol. The molecule has 0 atom stereocenters. The van der Waals surface area contributed by atoms with Gasteiger partial charge in [0.25, 0.3) is 0 Å². The van der Waals surface area contributed by atoms with Crippen LogP contribution in [0.4, 0.5) is 17.1 Å². The first kappa shape index (κ1) is 12.6. The van der Waals surface area contributed by atoms with Crippen molar-refractivity contribution in [2.45, 2.75) is 0 Å². The molecule has 5 nitrogen and oxygen atoms in total. The molecule has 2 rings (SSSR count). The molecule has 0 radical (unpaired) electrons. The summed E-state index contributed by atoms with van der Waals surface area (Å²) in [5, 5.41) is 14.7. The highest BCUT2D eigenvalue weighted by atomic mass is 16.5. The Morgan fingerprint density at radius 3 is 2.53 bits per heavy atom. The van der Waals surface area contributed by atoms with E-state index >= 15 is 0 Å². The summed E-state index contributed by atoms with van der Waals surface area (Å²) in [5.41, 5.74) is 2.20. The van der Waals surface area contributed by atoms with Crippen LogP contribution in [0.5, 0.6) is 5.75 Å². The smallest absolute Gasteiger partial charge is 0.135 e. The van der Waals surface area contributed by atoms with Gasteiger partial charge in [-0.1, -0.05) is 0 Å². The molecule has 0 aliphatic heterocycles. The highest BCUT2D eigenvalue weighted by Gasteiger charge is 2.05. The molecule has 0 saturated carbocycles. The van der Waals surface area contributed by atoms with E-state index in [1.165, 1.54) is 7.11 Å². The fourth-order valence-electron chi connectivity index (χ4n) is 1.60. The van der Waals surface area contributed by atoms with Gasteiger partial charge in [-0.15, -0.1) is 4.91 Å². The van der Waals surface area contributed by atoms with Gasteiger partial charge in [-0.2, -0.15) is 5.26 Å². The Labute approximate surface area is 110 Å². The van der Waals surface area contributed by atoms with Gasteiger partial charge in [-0.25, -0.2) is 0 Å². The molecule has 0 unspecified atom stereocenters. The number of rotatable bonds is 4. The molecule has 0 aromatic heterocycles. The van der Waals surface area contributed by atoms with Crippen LogP contribution < -0.4 is 10.1 Å². The minimum atomic E-state index is 0.267. The second-order valence-electron chi connectivity index (χ2n) is 3.79. The molecule has 2 aromatic rings. The number of nitroso groups, excluding NO2 is 1.